The zero-order chi connectivity index (χ0) is 21.8. The lowest BCUT2D eigenvalue weighted by molar-refractivity contribution is -0.124. The first-order chi connectivity index (χ1) is 15.1. The molecule has 31 heavy (non-hydrogen) atoms. The summed E-state index contributed by atoms with van der Waals surface area (Å²) in [7, 11) is 3.26. The van der Waals surface area contributed by atoms with E-state index in [0.29, 0.717) is 16.6 Å². The van der Waals surface area contributed by atoms with Gasteiger partial charge in [0.1, 0.15) is 11.5 Å². The van der Waals surface area contributed by atoms with E-state index in [4.69, 9.17) is 14.5 Å². The molecule has 162 valence electrons. The summed E-state index contributed by atoms with van der Waals surface area (Å²) in [5, 5.41) is 0.753. The van der Waals surface area contributed by atoms with Crippen LogP contribution in [0.15, 0.2) is 58.4 Å². The van der Waals surface area contributed by atoms with Gasteiger partial charge in [0.2, 0.25) is 0 Å². The summed E-state index contributed by atoms with van der Waals surface area (Å²) in [6.07, 6.45) is 6.41. The van der Waals surface area contributed by atoms with E-state index in [0.717, 1.165) is 41.4 Å². The smallest absolute Gasteiger partial charge is 0.267 e. The first-order valence-corrected chi connectivity index (χ1v) is 11.5. The highest BCUT2D eigenvalue weighted by atomic mass is 32.2. The molecular formula is C25H28N2O3S. The van der Waals surface area contributed by atoms with Gasteiger partial charge in [0.25, 0.3) is 5.91 Å². The predicted molar refractivity (Wildman–Crippen MR) is 127 cm³/mol. The molecule has 1 aliphatic heterocycles. The monoisotopic (exact) mass is 436 g/mol. The molecule has 6 heteroatoms. The van der Waals surface area contributed by atoms with Gasteiger partial charge in [0.05, 0.1) is 24.8 Å². The minimum absolute atomic E-state index is 0.0169. The maximum atomic E-state index is 13.6. The maximum absolute atomic E-state index is 13.6. The predicted octanol–water partition coefficient (Wildman–Crippen LogP) is 5.89. The molecule has 0 N–H and O–H groups in total. The second-order valence-electron chi connectivity index (χ2n) is 7.95. The van der Waals surface area contributed by atoms with Crippen molar-refractivity contribution in [3.63, 3.8) is 0 Å². The van der Waals surface area contributed by atoms with Crippen LogP contribution in [0.3, 0.4) is 0 Å². The Kier molecular flexibility index (Phi) is 6.66. The van der Waals surface area contributed by atoms with E-state index in [1.54, 1.807) is 14.2 Å². The van der Waals surface area contributed by atoms with Crippen molar-refractivity contribution in [1.82, 2.24) is 4.90 Å². The normalized spacial score (nSPS) is 24.1. The van der Waals surface area contributed by atoms with Crippen LogP contribution in [0.4, 0.5) is 5.69 Å². The number of carbonyl (C=O) groups excluding carboxylic acids is 1. The molecular weight excluding hydrogens is 408 g/mol. The van der Waals surface area contributed by atoms with Gasteiger partial charge in [-0.15, -0.1) is 0 Å². The van der Waals surface area contributed by atoms with Crippen LogP contribution in [0, 0.1) is 5.92 Å². The van der Waals surface area contributed by atoms with E-state index < -0.39 is 0 Å². The summed E-state index contributed by atoms with van der Waals surface area (Å²) >= 11 is 1.44. The van der Waals surface area contributed by atoms with Crippen LogP contribution in [-0.4, -0.2) is 36.2 Å². The van der Waals surface area contributed by atoms with Crippen LogP contribution < -0.4 is 9.47 Å². The maximum Gasteiger partial charge on any atom is 0.267 e. The van der Waals surface area contributed by atoms with E-state index in [-0.39, 0.29) is 11.9 Å². The van der Waals surface area contributed by atoms with E-state index in [2.05, 4.69) is 6.92 Å². The Labute approximate surface area is 188 Å². The van der Waals surface area contributed by atoms with Gasteiger partial charge in [-0.05, 0) is 66.9 Å². The number of amides is 1. The minimum atomic E-state index is 0.0169. The zero-order valence-electron chi connectivity index (χ0n) is 18.2. The molecule has 0 unspecified atom stereocenters. The van der Waals surface area contributed by atoms with Crippen molar-refractivity contribution in [1.29, 1.82) is 0 Å². The van der Waals surface area contributed by atoms with E-state index in [9.17, 15) is 4.79 Å². The Bertz CT molecular complexity index is 1000. The number of hydrogen-bond donors (Lipinski definition) is 0. The molecule has 2 aromatic rings. The summed E-state index contributed by atoms with van der Waals surface area (Å²) in [6, 6.07) is 15.6. The third kappa shape index (κ3) is 4.64. The number of thioether (sulfide) groups is 1. The molecule has 1 aliphatic carbocycles. The van der Waals surface area contributed by atoms with Gasteiger partial charge in [-0.3, -0.25) is 9.69 Å². The van der Waals surface area contributed by atoms with Gasteiger partial charge in [-0.1, -0.05) is 38.0 Å². The minimum Gasteiger partial charge on any atom is -0.497 e. The summed E-state index contributed by atoms with van der Waals surface area (Å²) in [6.45, 7) is 2.24. The molecule has 1 saturated heterocycles. The molecule has 1 saturated carbocycles. The summed E-state index contributed by atoms with van der Waals surface area (Å²) in [5.41, 5.74) is 1.67. The molecule has 2 aliphatic rings. The highest BCUT2D eigenvalue weighted by molar-refractivity contribution is 8.18. The van der Waals surface area contributed by atoms with Crippen molar-refractivity contribution < 1.29 is 14.3 Å². The number of benzene rings is 2. The fourth-order valence-electron chi connectivity index (χ4n) is 4.24. The molecule has 2 atom stereocenters. The third-order valence-electron chi connectivity index (χ3n) is 5.94. The van der Waals surface area contributed by atoms with Crippen molar-refractivity contribution in [2.24, 2.45) is 10.9 Å². The lowest BCUT2D eigenvalue weighted by Gasteiger charge is -2.35. The first-order valence-electron chi connectivity index (χ1n) is 10.7. The average molecular weight is 437 g/mol. The molecule has 0 aromatic heterocycles. The summed E-state index contributed by atoms with van der Waals surface area (Å²) < 4.78 is 10.9. The van der Waals surface area contributed by atoms with Gasteiger partial charge in [-0.25, -0.2) is 4.99 Å². The number of aliphatic imine (C=N–C) groups is 1. The van der Waals surface area contributed by atoms with Gasteiger partial charge < -0.3 is 9.47 Å². The quantitative estimate of drug-likeness (QED) is 0.549. The lowest BCUT2D eigenvalue weighted by Crippen LogP contribution is -2.44. The number of rotatable bonds is 5. The number of hydrogen-bond acceptors (Lipinski definition) is 5. The standard InChI is InChI=1S/C25H28N2O3S/c1-17-9-7-8-12-21(17)27-24(28)23(31-25(27)26-19-10-5-4-6-11-19)16-18-15-20(29-2)13-14-22(18)30-3/h4-6,10-11,13-17,21H,7-9,12H2,1-3H3/b23-16-,26-25?/t17-,21+/m0/s1. The Morgan fingerprint density at radius 2 is 1.84 bits per heavy atom. The van der Waals surface area contributed by atoms with Gasteiger partial charge in [0.15, 0.2) is 5.17 Å². The average Bonchev–Trinajstić information content (AvgIpc) is 3.09. The topological polar surface area (TPSA) is 51.1 Å². The number of carbonyl (C=O) groups is 1. The zero-order valence-corrected chi connectivity index (χ0v) is 19.0. The number of amidine groups is 1. The van der Waals surface area contributed by atoms with Crippen LogP contribution in [-0.2, 0) is 4.79 Å². The van der Waals surface area contributed by atoms with E-state index >= 15 is 0 Å². The SMILES string of the molecule is COc1ccc(OC)c(/C=C2\SC(=Nc3ccccc3)N([C@@H]3CCCC[C@@H]3C)C2=O)c1. The Hall–Kier alpha value is -2.73. The highest BCUT2D eigenvalue weighted by Crippen LogP contribution is 2.41. The van der Waals surface area contributed by atoms with Gasteiger partial charge in [0, 0.05) is 11.6 Å². The van der Waals surface area contributed by atoms with Crippen LogP contribution >= 0.6 is 11.8 Å². The van der Waals surface area contributed by atoms with Gasteiger partial charge in [-0.2, -0.15) is 0 Å². The van der Waals surface area contributed by atoms with E-state index in [1.165, 1.54) is 18.2 Å². The molecule has 0 bridgehead atoms. The molecule has 1 heterocycles. The molecule has 1 amide bonds. The van der Waals surface area contributed by atoms with Gasteiger partial charge >= 0.3 is 0 Å². The van der Waals surface area contributed by atoms with Crippen LogP contribution in [0.2, 0.25) is 0 Å². The summed E-state index contributed by atoms with van der Waals surface area (Å²) in [4.78, 5) is 21.0. The highest BCUT2D eigenvalue weighted by Gasteiger charge is 2.41. The first kappa shape index (κ1) is 21.5. The number of ether oxygens (including phenoxy) is 2. The molecule has 2 fully saturated rings. The van der Waals surface area contributed by atoms with Crippen molar-refractivity contribution >= 4 is 34.6 Å². The number of methoxy groups -OCH3 is 2. The van der Waals surface area contributed by atoms with Crippen LogP contribution in [0.1, 0.15) is 38.2 Å². The molecule has 4 rings (SSSR count). The number of para-hydroxylation sites is 1. The van der Waals surface area contributed by atoms with Crippen molar-refractivity contribution in [2.75, 3.05) is 14.2 Å². The Morgan fingerprint density at radius 3 is 2.55 bits per heavy atom. The second-order valence-corrected chi connectivity index (χ2v) is 8.96. The fraction of sp³-hybridized carbons (Fsp3) is 0.360. The molecule has 0 radical (unpaired) electrons. The molecule has 2 aromatic carbocycles. The number of nitrogens with zero attached hydrogens (tertiary/aromatic N) is 2. The largest absolute Gasteiger partial charge is 0.497 e. The molecule has 0 spiro atoms. The van der Waals surface area contributed by atoms with Crippen LogP contribution in [0.25, 0.3) is 6.08 Å². The molecule has 5 nitrogen and oxygen atoms in total. The van der Waals surface area contributed by atoms with Crippen molar-refractivity contribution in [3.8, 4) is 11.5 Å². The second kappa shape index (κ2) is 9.60. The third-order valence-corrected chi connectivity index (χ3v) is 6.92. The fourth-order valence-corrected chi connectivity index (χ4v) is 5.28. The lowest BCUT2D eigenvalue weighted by atomic mass is 9.85. The van der Waals surface area contributed by atoms with Crippen LogP contribution in [0.5, 0.6) is 11.5 Å². The van der Waals surface area contributed by atoms with Crippen molar-refractivity contribution in [2.45, 2.75) is 38.6 Å². The van der Waals surface area contributed by atoms with E-state index in [1.807, 2.05) is 59.5 Å². The Balaban J connectivity index is 1.75. The summed E-state index contributed by atoms with van der Waals surface area (Å²) in [5.74, 6) is 1.89. The van der Waals surface area contributed by atoms with Crippen molar-refractivity contribution in [3.05, 3.63) is 59.0 Å². The Morgan fingerprint density at radius 1 is 1.06 bits per heavy atom.